The van der Waals surface area contributed by atoms with E-state index in [2.05, 4.69) is 10.3 Å². The fourth-order valence-electron chi connectivity index (χ4n) is 3.03. The number of hydrogen-bond acceptors (Lipinski definition) is 4. The fourth-order valence-corrected chi connectivity index (χ4v) is 4.69. The van der Waals surface area contributed by atoms with E-state index in [1.165, 1.54) is 0 Å². The lowest BCUT2D eigenvalue weighted by molar-refractivity contribution is 0.0898. The normalized spacial score (nSPS) is 16.5. The zero-order chi connectivity index (χ0) is 16.4. The maximum Gasteiger partial charge on any atom is 0.253 e. The van der Waals surface area contributed by atoms with Crippen LogP contribution in [0.5, 0.6) is 0 Å². The van der Waals surface area contributed by atoms with Crippen molar-refractivity contribution in [2.45, 2.75) is 43.0 Å². The first kappa shape index (κ1) is 16.8. The van der Waals surface area contributed by atoms with Crippen molar-refractivity contribution in [1.82, 2.24) is 10.3 Å². The van der Waals surface area contributed by atoms with Gasteiger partial charge in [0.25, 0.3) is 5.91 Å². The zero-order valence-corrected chi connectivity index (χ0v) is 15.6. The Labute approximate surface area is 149 Å². The third-order valence-corrected chi connectivity index (χ3v) is 6.48. The van der Waals surface area contributed by atoms with E-state index in [0.717, 1.165) is 41.3 Å². The minimum absolute atomic E-state index is 0.111. The van der Waals surface area contributed by atoms with Gasteiger partial charge in [-0.1, -0.05) is 24.4 Å². The number of carbonyl (C=O) groups excluding carboxylic acids is 1. The van der Waals surface area contributed by atoms with Gasteiger partial charge in [-0.25, -0.2) is 4.98 Å². The van der Waals surface area contributed by atoms with Gasteiger partial charge in [-0.2, -0.15) is 0 Å². The maximum atomic E-state index is 12.8. The van der Waals surface area contributed by atoms with Gasteiger partial charge in [0.1, 0.15) is 5.01 Å². The molecule has 3 rings (SSSR count). The summed E-state index contributed by atoms with van der Waals surface area (Å²) in [5, 5.41) is 6.79. The van der Waals surface area contributed by atoms with Crippen LogP contribution in [0.25, 0.3) is 0 Å². The summed E-state index contributed by atoms with van der Waals surface area (Å²) in [5.74, 6) is -0.111. The zero-order valence-electron chi connectivity index (χ0n) is 13.2. The van der Waals surface area contributed by atoms with Crippen LogP contribution in [0.3, 0.4) is 0 Å². The van der Waals surface area contributed by atoms with Crippen molar-refractivity contribution >= 4 is 40.6 Å². The van der Waals surface area contributed by atoms with Gasteiger partial charge >= 0.3 is 0 Å². The van der Waals surface area contributed by atoms with E-state index >= 15 is 0 Å². The van der Waals surface area contributed by atoms with E-state index in [-0.39, 0.29) is 11.4 Å². The molecule has 1 N–H and O–H groups in total. The van der Waals surface area contributed by atoms with Gasteiger partial charge in [0, 0.05) is 16.0 Å². The smallest absolute Gasteiger partial charge is 0.253 e. The predicted molar refractivity (Wildman–Crippen MR) is 97.7 cm³/mol. The number of nitrogens with one attached hydrogen (secondary N) is 1. The highest BCUT2D eigenvalue weighted by atomic mass is 35.5. The molecule has 1 aliphatic carbocycles. The Balaban J connectivity index is 1.90. The van der Waals surface area contributed by atoms with Crippen LogP contribution in [0.4, 0.5) is 0 Å². The monoisotopic (exact) mass is 366 g/mol. The molecule has 0 bridgehead atoms. The van der Waals surface area contributed by atoms with Gasteiger partial charge in [-0.15, -0.1) is 23.1 Å². The number of nitrogens with zero attached hydrogens (tertiary/aromatic N) is 1. The lowest BCUT2D eigenvalue weighted by Gasteiger charge is -2.28. The lowest BCUT2D eigenvalue weighted by atomic mass is 9.97. The number of halogens is 1. The first-order valence-corrected chi connectivity index (χ1v) is 10.1. The summed E-state index contributed by atoms with van der Waals surface area (Å²) in [6.45, 7) is 1.99. The summed E-state index contributed by atoms with van der Waals surface area (Å²) in [6, 6.07) is 5.58. The molecule has 1 amide bonds. The molecule has 0 saturated heterocycles. The highest BCUT2D eigenvalue weighted by Gasteiger charge is 2.40. The average Bonchev–Trinajstić information content (AvgIpc) is 3.17. The predicted octanol–water partition coefficient (Wildman–Crippen LogP) is 5.03. The number of aryl methyl sites for hydroxylation is 1. The summed E-state index contributed by atoms with van der Waals surface area (Å²) < 4.78 is 0. The van der Waals surface area contributed by atoms with E-state index in [1.807, 2.05) is 30.7 Å². The summed E-state index contributed by atoms with van der Waals surface area (Å²) in [7, 11) is 0. The highest BCUT2D eigenvalue weighted by Crippen LogP contribution is 2.40. The van der Waals surface area contributed by atoms with E-state index in [9.17, 15) is 4.79 Å². The largest absolute Gasteiger partial charge is 0.340 e. The van der Waals surface area contributed by atoms with Crippen LogP contribution >= 0.6 is 34.7 Å². The van der Waals surface area contributed by atoms with Crippen molar-refractivity contribution < 1.29 is 4.79 Å². The molecular formula is C17H19ClN2OS2. The van der Waals surface area contributed by atoms with Crippen LogP contribution in [-0.4, -0.2) is 17.1 Å². The molecule has 23 heavy (non-hydrogen) atoms. The van der Waals surface area contributed by atoms with Crippen LogP contribution in [0.2, 0.25) is 5.02 Å². The molecule has 0 aliphatic heterocycles. The molecule has 0 spiro atoms. The Morgan fingerprint density at radius 3 is 2.74 bits per heavy atom. The lowest BCUT2D eigenvalue weighted by Crippen LogP contribution is -2.43. The number of thiazole rings is 1. The summed E-state index contributed by atoms with van der Waals surface area (Å²) in [6.07, 6.45) is 6.08. The number of aromatic nitrogens is 1. The molecule has 6 heteroatoms. The Kier molecular flexibility index (Phi) is 4.99. The van der Waals surface area contributed by atoms with Crippen molar-refractivity contribution in [1.29, 1.82) is 0 Å². The van der Waals surface area contributed by atoms with Crippen molar-refractivity contribution in [3.05, 3.63) is 44.9 Å². The Hall–Kier alpha value is -1.04. The van der Waals surface area contributed by atoms with Crippen LogP contribution in [0, 0.1) is 6.92 Å². The van der Waals surface area contributed by atoms with E-state index in [4.69, 9.17) is 11.6 Å². The van der Waals surface area contributed by atoms with Gasteiger partial charge < -0.3 is 5.32 Å². The third kappa shape index (κ3) is 3.42. The summed E-state index contributed by atoms with van der Waals surface area (Å²) >= 11 is 9.48. The Morgan fingerprint density at radius 2 is 2.13 bits per heavy atom. The Morgan fingerprint density at radius 1 is 1.39 bits per heavy atom. The van der Waals surface area contributed by atoms with Crippen molar-refractivity contribution in [3.63, 3.8) is 0 Å². The molecule has 2 aromatic rings. The second-order valence-electron chi connectivity index (χ2n) is 5.88. The van der Waals surface area contributed by atoms with Crippen LogP contribution in [0.1, 0.15) is 46.7 Å². The number of benzene rings is 1. The van der Waals surface area contributed by atoms with E-state index in [1.54, 1.807) is 29.2 Å². The summed E-state index contributed by atoms with van der Waals surface area (Å²) in [5.41, 5.74) is 1.21. The maximum absolute atomic E-state index is 12.8. The number of hydrogen-bond donors (Lipinski definition) is 1. The summed E-state index contributed by atoms with van der Waals surface area (Å²) in [4.78, 5) is 18.5. The molecule has 1 aromatic carbocycles. The molecule has 1 aromatic heterocycles. The first-order valence-electron chi connectivity index (χ1n) is 7.63. The molecule has 122 valence electrons. The number of amides is 1. The number of carbonyl (C=O) groups is 1. The topological polar surface area (TPSA) is 42.0 Å². The van der Waals surface area contributed by atoms with Crippen molar-refractivity contribution in [2.75, 3.05) is 6.26 Å². The van der Waals surface area contributed by atoms with E-state index < -0.39 is 0 Å². The SMILES string of the molecule is CSc1ccc(Cl)c(C(=O)NC2(c3nc(C)cs3)CCCC2)c1. The average molecular weight is 367 g/mol. The van der Waals surface area contributed by atoms with Crippen LogP contribution < -0.4 is 5.32 Å². The molecule has 0 unspecified atom stereocenters. The molecule has 0 atom stereocenters. The minimum Gasteiger partial charge on any atom is -0.340 e. The molecule has 1 saturated carbocycles. The third-order valence-electron chi connectivity index (χ3n) is 4.26. The van der Waals surface area contributed by atoms with Gasteiger partial charge in [0.2, 0.25) is 0 Å². The first-order chi connectivity index (χ1) is 11.0. The molecule has 1 fully saturated rings. The van der Waals surface area contributed by atoms with Gasteiger partial charge in [-0.3, -0.25) is 4.79 Å². The Bertz CT molecular complexity index is 723. The van der Waals surface area contributed by atoms with Crippen molar-refractivity contribution in [2.24, 2.45) is 0 Å². The minimum atomic E-state index is -0.339. The van der Waals surface area contributed by atoms with Gasteiger partial charge in [0.05, 0.1) is 16.1 Å². The number of rotatable bonds is 4. The molecule has 3 nitrogen and oxygen atoms in total. The fraction of sp³-hybridized carbons (Fsp3) is 0.412. The van der Waals surface area contributed by atoms with Crippen molar-refractivity contribution in [3.8, 4) is 0 Å². The van der Waals surface area contributed by atoms with E-state index in [0.29, 0.717) is 10.6 Å². The van der Waals surface area contributed by atoms with Crippen LogP contribution in [0.15, 0.2) is 28.5 Å². The van der Waals surface area contributed by atoms with Crippen LogP contribution in [-0.2, 0) is 5.54 Å². The molecule has 1 heterocycles. The molecular weight excluding hydrogens is 348 g/mol. The molecule has 1 aliphatic rings. The van der Waals surface area contributed by atoms with Gasteiger partial charge in [0.15, 0.2) is 0 Å². The standard InChI is InChI=1S/C17H19ClN2OS2/c1-11-10-23-16(19-11)17(7-3-4-8-17)20-15(21)13-9-12(22-2)5-6-14(13)18/h5-6,9-10H,3-4,7-8H2,1-2H3,(H,20,21). The van der Waals surface area contributed by atoms with Gasteiger partial charge in [-0.05, 0) is 44.2 Å². The second-order valence-corrected chi connectivity index (χ2v) is 8.03. The number of thioether (sulfide) groups is 1. The highest BCUT2D eigenvalue weighted by molar-refractivity contribution is 7.98. The molecule has 0 radical (unpaired) electrons. The quantitative estimate of drug-likeness (QED) is 0.772. The second kappa shape index (κ2) is 6.83.